The molecule has 0 aliphatic carbocycles. The molecule has 4 atom stereocenters. The molecule has 19 heavy (non-hydrogen) atoms. The summed E-state index contributed by atoms with van der Waals surface area (Å²) in [7, 11) is 2.20. The number of ether oxygens (including phenoxy) is 1. The molecule has 4 unspecified atom stereocenters. The molecule has 5 heteroatoms. The number of amides is 1. The summed E-state index contributed by atoms with van der Waals surface area (Å²) in [6.45, 7) is 4.65. The van der Waals surface area contributed by atoms with Crippen LogP contribution >= 0.6 is 0 Å². The summed E-state index contributed by atoms with van der Waals surface area (Å²) in [6, 6.07) is 1.01. The normalized spacial score (nSPS) is 43.5. The number of fused-ring (bicyclic) bond motifs is 2. The molecule has 0 saturated carbocycles. The lowest BCUT2D eigenvalue weighted by molar-refractivity contribution is -0.142. The molecule has 0 spiro atoms. The fourth-order valence-electron chi connectivity index (χ4n) is 3.76. The maximum atomic E-state index is 12.8. The van der Waals surface area contributed by atoms with Crippen LogP contribution in [0.5, 0.6) is 0 Å². The molecule has 1 amide bonds. The standard InChI is InChI=1S/C14H25N3O2/c1-14(9-19-8-12(14)15)13(18)17-6-5-10-3-4-11(7-17)16(10)2/h10-12H,3-9,15H2,1-2H3. The molecule has 0 aromatic rings. The van der Waals surface area contributed by atoms with Crippen LogP contribution in [0.15, 0.2) is 0 Å². The second kappa shape index (κ2) is 4.72. The van der Waals surface area contributed by atoms with Crippen molar-refractivity contribution in [1.29, 1.82) is 0 Å². The summed E-state index contributed by atoms with van der Waals surface area (Å²) in [5.74, 6) is 0.193. The number of carbonyl (C=O) groups excluding carboxylic acids is 1. The molecule has 108 valence electrons. The molecule has 5 nitrogen and oxygen atoms in total. The lowest BCUT2D eigenvalue weighted by Gasteiger charge is -2.34. The van der Waals surface area contributed by atoms with Gasteiger partial charge in [0.2, 0.25) is 5.91 Å². The number of carbonyl (C=O) groups is 1. The van der Waals surface area contributed by atoms with E-state index in [1.54, 1.807) is 0 Å². The van der Waals surface area contributed by atoms with Crippen LogP contribution < -0.4 is 5.73 Å². The summed E-state index contributed by atoms with van der Waals surface area (Å²) in [4.78, 5) is 17.3. The molecular weight excluding hydrogens is 242 g/mol. The van der Waals surface area contributed by atoms with Crippen molar-refractivity contribution in [3.8, 4) is 0 Å². The van der Waals surface area contributed by atoms with Crippen LogP contribution in [-0.4, -0.2) is 67.2 Å². The lowest BCUT2D eigenvalue weighted by Crippen LogP contribution is -2.53. The van der Waals surface area contributed by atoms with Gasteiger partial charge in [0.05, 0.1) is 18.6 Å². The third-order valence-electron chi connectivity index (χ3n) is 5.44. The van der Waals surface area contributed by atoms with Crippen molar-refractivity contribution in [1.82, 2.24) is 9.80 Å². The van der Waals surface area contributed by atoms with Crippen molar-refractivity contribution >= 4 is 5.91 Å². The van der Waals surface area contributed by atoms with Crippen LogP contribution in [0.3, 0.4) is 0 Å². The summed E-state index contributed by atoms with van der Waals surface area (Å²) in [5, 5.41) is 0. The van der Waals surface area contributed by atoms with Crippen molar-refractivity contribution in [2.24, 2.45) is 11.1 Å². The van der Waals surface area contributed by atoms with Gasteiger partial charge in [0.25, 0.3) is 0 Å². The van der Waals surface area contributed by atoms with Crippen LogP contribution in [0.25, 0.3) is 0 Å². The second-order valence-corrected chi connectivity index (χ2v) is 6.63. The van der Waals surface area contributed by atoms with Gasteiger partial charge in [-0.3, -0.25) is 9.69 Å². The second-order valence-electron chi connectivity index (χ2n) is 6.63. The van der Waals surface area contributed by atoms with Gasteiger partial charge in [0, 0.05) is 31.2 Å². The van der Waals surface area contributed by atoms with Gasteiger partial charge in [0.1, 0.15) is 0 Å². The Morgan fingerprint density at radius 3 is 2.74 bits per heavy atom. The van der Waals surface area contributed by atoms with Gasteiger partial charge in [-0.05, 0) is 33.2 Å². The largest absolute Gasteiger partial charge is 0.379 e. The van der Waals surface area contributed by atoms with E-state index in [-0.39, 0.29) is 11.9 Å². The van der Waals surface area contributed by atoms with Crippen LogP contribution in [-0.2, 0) is 9.53 Å². The Bertz CT molecular complexity index is 376. The first kappa shape index (κ1) is 13.3. The number of nitrogens with two attached hydrogens (primary N) is 1. The van der Waals surface area contributed by atoms with E-state index >= 15 is 0 Å². The molecule has 2 N–H and O–H groups in total. The van der Waals surface area contributed by atoms with Gasteiger partial charge in [-0.15, -0.1) is 0 Å². The summed E-state index contributed by atoms with van der Waals surface area (Å²) < 4.78 is 5.42. The van der Waals surface area contributed by atoms with Crippen molar-refractivity contribution in [3.63, 3.8) is 0 Å². The van der Waals surface area contributed by atoms with E-state index in [1.807, 2.05) is 11.8 Å². The number of likely N-dealkylation sites (N-methyl/N-ethyl adjacent to an activating group) is 1. The van der Waals surface area contributed by atoms with Crippen LogP contribution in [0, 0.1) is 5.41 Å². The number of rotatable bonds is 1. The highest BCUT2D eigenvalue weighted by Crippen LogP contribution is 2.33. The molecule has 0 aromatic heterocycles. The summed E-state index contributed by atoms with van der Waals surface area (Å²) >= 11 is 0. The van der Waals surface area contributed by atoms with Gasteiger partial charge in [-0.2, -0.15) is 0 Å². The fourth-order valence-corrected chi connectivity index (χ4v) is 3.76. The number of likely N-dealkylation sites (tertiary alicyclic amines) is 1. The molecule has 3 aliphatic heterocycles. The average Bonchev–Trinajstić information content (AvgIpc) is 2.81. The van der Waals surface area contributed by atoms with Crippen LogP contribution in [0.4, 0.5) is 0 Å². The zero-order valence-corrected chi connectivity index (χ0v) is 12.0. The quantitative estimate of drug-likeness (QED) is 0.729. The van der Waals surface area contributed by atoms with E-state index in [1.165, 1.54) is 12.8 Å². The van der Waals surface area contributed by atoms with Gasteiger partial charge >= 0.3 is 0 Å². The topological polar surface area (TPSA) is 58.8 Å². The third-order valence-corrected chi connectivity index (χ3v) is 5.44. The minimum Gasteiger partial charge on any atom is -0.379 e. The zero-order chi connectivity index (χ0) is 13.6. The summed E-state index contributed by atoms with van der Waals surface area (Å²) in [6.07, 6.45) is 3.58. The molecule has 3 heterocycles. The van der Waals surface area contributed by atoms with Gasteiger partial charge in [-0.1, -0.05) is 0 Å². The molecule has 0 radical (unpaired) electrons. The molecule has 2 bridgehead atoms. The number of hydrogen-bond acceptors (Lipinski definition) is 4. The Kier molecular flexibility index (Phi) is 3.31. The van der Waals surface area contributed by atoms with Crippen molar-refractivity contribution in [2.45, 2.75) is 44.3 Å². The number of nitrogens with zero attached hydrogens (tertiary/aromatic N) is 2. The monoisotopic (exact) mass is 267 g/mol. The Balaban J connectivity index is 1.74. The van der Waals surface area contributed by atoms with E-state index in [9.17, 15) is 4.79 Å². The highest BCUT2D eigenvalue weighted by Gasteiger charge is 2.48. The van der Waals surface area contributed by atoms with Gasteiger partial charge in [0.15, 0.2) is 0 Å². The molecule has 3 fully saturated rings. The zero-order valence-electron chi connectivity index (χ0n) is 12.0. The maximum Gasteiger partial charge on any atom is 0.232 e. The number of hydrogen-bond donors (Lipinski definition) is 1. The van der Waals surface area contributed by atoms with E-state index in [2.05, 4.69) is 11.9 Å². The predicted molar refractivity (Wildman–Crippen MR) is 72.7 cm³/mol. The highest BCUT2D eigenvalue weighted by molar-refractivity contribution is 5.83. The van der Waals surface area contributed by atoms with Crippen LogP contribution in [0.2, 0.25) is 0 Å². The van der Waals surface area contributed by atoms with Crippen molar-refractivity contribution < 1.29 is 9.53 Å². The van der Waals surface area contributed by atoms with Gasteiger partial charge < -0.3 is 15.4 Å². The molecule has 3 saturated heterocycles. The van der Waals surface area contributed by atoms with Crippen molar-refractivity contribution in [3.05, 3.63) is 0 Å². The average molecular weight is 267 g/mol. The maximum absolute atomic E-state index is 12.8. The minimum atomic E-state index is -0.526. The predicted octanol–water partition coefficient (Wildman–Crippen LogP) is 0.0453. The highest BCUT2D eigenvalue weighted by atomic mass is 16.5. The van der Waals surface area contributed by atoms with E-state index in [4.69, 9.17) is 10.5 Å². The molecule has 0 aromatic carbocycles. The smallest absolute Gasteiger partial charge is 0.232 e. The molecule has 3 aliphatic rings. The molecule has 3 rings (SSSR count). The fraction of sp³-hybridized carbons (Fsp3) is 0.929. The first-order valence-corrected chi connectivity index (χ1v) is 7.37. The SMILES string of the molecule is CN1C2CCC1CN(C(=O)C1(C)COCC1N)CC2. The Morgan fingerprint density at radius 2 is 2.05 bits per heavy atom. The Labute approximate surface area is 115 Å². The van der Waals surface area contributed by atoms with E-state index in [0.29, 0.717) is 25.3 Å². The van der Waals surface area contributed by atoms with E-state index < -0.39 is 5.41 Å². The first-order valence-electron chi connectivity index (χ1n) is 7.37. The Morgan fingerprint density at radius 1 is 1.32 bits per heavy atom. The summed E-state index contributed by atoms with van der Waals surface area (Å²) in [5.41, 5.74) is 5.55. The Hall–Kier alpha value is -0.650. The van der Waals surface area contributed by atoms with Crippen LogP contribution in [0.1, 0.15) is 26.2 Å². The van der Waals surface area contributed by atoms with Crippen molar-refractivity contribution in [2.75, 3.05) is 33.4 Å². The van der Waals surface area contributed by atoms with Gasteiger partial charge in [-0.25, -0.2) is 0 Å². The third kappa shape index (κ3) is 2.08. The first-order chi connectivity index (χ1) is 9.02. The minimum absolute atomic E-state index is 0.168. The van der Waals surface area contributed by atoms with E-state index in [0.717, 1.165) is 19.5 Å². The lowest BCUT2D eigenvalue weighted by atomic mass is 9.84. The molecular formula is C14H25N3O2.